The zero-order valence-corrected chi connectivity index (χ0v) is 30.2. The summed E-state index contributed by atoms with van der Waals surface area (Å²) < 4.78 is 96.8. The number of ether oxygens (including phenoxy) is 1. The lowest BCUT2D eigenvalue weighted by Gasteiger charge is -2.26. The summed E-state index contributed by atoms with van der Waals surface area (Å²) in [7, 11) is 0. The van der Waals surface area contributed by atoms with Crippen LogP contribution in [0.1, 0.15) is 13.7 Å². The lowest BCUT2D eigenvalue weighted by atomic mass is 9.35. The zero-order chi connectivity index (χ0) is 46.4. The van der Waals surface area contributed by atoms with Crippen LogP contribution in [0.3, 0.4) is 0 Å². The predicted molar refractivity (Wildman–Crippen MR) is 233 cm³/mol. The fourth-order valence-corrected chi connectivity index (χ4v) is 8.13. The molecule has 4 nitrogen and oxygen atoms in total. The Morgan fingerprint density at radius 2 is 1.25 bits per heavy atom. The van der Waals surface area contributed by atoms with E-state index in [1.807, 2.05) is 79.0 Å². The Balaban J connectivity index is 1.06. The first-order valence-corrected chi connectivity index (χ1v) is 18.5. The van der Waals surface area contributed by atoms with E-state index in [2.05, 4.69) is 54.9 Å². The van der Waals surface area contributed by atoms with Gasteiger partial charge in [-0.15, -0.1) is 0 Å². The van der Waals surface area contributed by atoms with E-state index in [0.29, 0.717) is 28.2 Å². The molecule has 0 aliphatic carbocycles. The Labute approximate surface area is 345 Å². The Kier molecular flexibility index (Phi) is 5.78. The molecular weight excluding hydrogens is 693 g/mol. The summed E-state index contributed by atoms with van der Waals surface area (Å²) in [5.41, 5.74) is 7.62. The molecule has 0 amide bonds. The molecule has 0 saturated heterocycles. The van der Waals surface area contributed by atoms with E-state index in [0.717, 1.165) is 32.9 Å². The molecule has 8 aromatic carbocycles. The second kappa shape index (κ2) is 13.7. The third kappa shape index (κ3) is 5.63. The number of benzene rings is 8. The molecule has 0 unspecified atom stereocenters. The van der Waals surface area contributed by atoms with Gasteiger partial charge in [0, 0.05) is 17.2 Å². The first-order valence-electron chi connectivity index (χ1n) is 23.5. The minimum Gasteiger partial charge on any atom is -0.458 e. The Morgan fingerprint density at radius 1 is 0.596 bits per heavy atom. The van der Waals surface area contributed by atoms with Crippen molar-refractivity contribution in [2.75, 3.05) is 0 Å². The molecule has 1 aliphatic heterocycles. The molecule has 266 valence electrons. The van der Waals surface area contributed by atoms with E-state index in [1.165, 1.54) is 5.56 Å². The number of nitrogens with zero attached hydrogens (tertiary/aromatic N) is 3. The molecule has 0 N–H and O–H groups in total. The van der Waals surface area contributed by atoms with Crippen molar-refractivity contribution in [2.45, 2.75) is 0 Å². The van der Waals surface area contributed by atoms with Gasteiger partial charge in [-0.1, -0.05) is 174 Å². The third-order valence-corrected chi connectivity index (χ3v) is 10.5. The number of hydrogen-bond acceptors (Lipinski definition) is 2. The molecule has 5 heteroatoms. The Hall–Kier alpha value is -7.50. The topological polar surface area (TPSA) is 30.9 Å². The van der Waals surface area contributed by atoms with Crippen molar-refractivity contribution >= 4 is 45.0 Å². The first kappa shape index (κ1) is 24.1. The van der Waals surface area contributed by atoms with Gasteiger partial charge < -0.3 is 4.74 Å². The normalized spacial score (nSPS) is 14.3. The molecule has 1 aliphatic rings. The SMILES string of the molecule is [2H]c1c([2H])c([2H])c(-c2cccc(-c3c([2H])c([2H])c([2H])c([2H])c3[2H])c2-[n+]2[c-]n(-c3cccc(Oc4cccc(B5c6ccccc6-c6cccc7ccnc5c67)c4)c3)c3ccccc32)c([2H])c1[2H]. The quantitative estimate of drug-likeness (QED) is 0.0927. The van der Waals surface area contributed by atoms with Gasteiger partial charge in [0.25, 0.3) is 13.0 Å². The van der Waals surface area contributed by atoms with Gasteiger partial charge in [-0.25, -0.2) is 0 Å². The van der Waals surface area contributed by atoms with Gasteiger partial charge in [-0.3, -0.25) is 14.1 Å². The molecule has 0 spiro atoms. The Morgan fingerprint density at radius 3 is 2.05 bits per heavy atom. The fraction of sp³-hybridized carbons (Fsp3) is 0. The van der Waals surface area contributed by atoms with Crippen molar-refractivity contribution in [1.82, 2.24) is 9.55 Å². The summed E-state index contributed by atoms with van der Waals surface area (Å²) >= 11 is 0. The van der Waals surface area contributed by atoms with Crippen LogP contribution in [0.15, 0.2) is 206 Å². The van der Waals surface area contributed by atoms with Crippen molar-refractivity contribution in [1.29, 1.82) is 0 Å². The number of pyridine rings is 1. The van der Waals surface area contributed by atoms with Crippen LogP contribution in [-0.2, 0) is 0 Å². The molecule has 0 radical (unpaired) electrons. The average molecular weight is 738 g/mol. The Bertz CT molecular complexity index is 3580. The minimum atomic E-state index is -0.563. The van der Waals surface area contributed by atoms with E-state index in [4.69, 9.17) is 23.4 Å². The average Bonchev–Trinajstić information content (AvgIpc) is 3.74. The molecular formula is C52H34BN3O. The van der Waals surface area contributed by atoms with Crippen LogP contribution in [0.5, 0.6) is 11.5 Å². The maximum absolute atomic E-state index is 8.99. The maximum Gasteiger partial charge on any atom is 0.269 e. The highest BCUT2D eigenvalue weighted by Gasteiger charge is 2.33. The highest BCUT2D eigenvalue weighted by Crippen LogP contribution is 2.35. The molecule has 0 fully saturated rings. The van der Waals surface area contributed by atoms with Gasteiger partial charge in [-0.05, 0) is 75.2 Å². The van der Waals surface area contributed by atoms with Gasteiger partial charge in [0.1, 0.15) is 11.5 Å². The molecule has 0 bridgehead atoms. The van der Waals surface area contributed by atoms with Crippen LogP contribution in [0, 0.1) is 6.33 Å². The standard InChI is InChI=1S/C52H34BN3O/c1-3-15-36(16-4-1)43-25-14-26-44(37-17-5-2-6-18-37)51(43)56-35-55(48-29-9-10-30-49(48)56)40-21-13-23-42(34-40)57-41-22-12-20-39(33-41)53-47-28-8-7-24-45(47)46-27-11-19-38-31-32-54-52(53)50(38)46/h1-34H/i1D,2D,3D,4D,5D,6D,15D,16D,17D,18D. The van der Waals surface area contributed by atoms with Crippen molar-refractivity contribution in [3.8, 4) is 56.3 Å². The van der Waals surface area contributed by atoms with Gasteiger partial charge in [0.15, 0.2) is 0 Å². The van der Waals surface area contributed by atoms with Crippen molar-refractivity contribution < 1.29 is 23.0 Å². The van der Waals surface area contributed by atoms with Crippen molar-refractivity contribution in [2.24, 2.45) is 0 Å². The lowest BCUT2D eigenvalue weighted by molar-refractivity contribution is -0.571. The summed E-state index contributed by atoms with van der Waals surface area (Å²) in [6.07, 6.45) is 5.30. The summed E-state index contributed by atoms with van der Waals surface area (Å²) in [5.74, 6) is 1.15. The number of rotatable bonds is 7. The smallest absolute Gasteiger partial charge is 0.269 e. The van der Waals surface area contributed by atoms with Crippen LogP contribution in [0.25, 0.3) is 66.6 Å². The monoisotopic (exact) mass is 737 g/mol. The minimum absolute atomic E-state index is 0.126. The van der Waals surface area contributed by atoms with E-state index in [-0.39, 0.29) is 34.7 Å². The van der Waals surface area contributed by atoms with Crippen molar-refractivity contribution in [3.05, 3.63) is 212 Å². The summed E-state index contributed by atoms with van der Waals surface area (Å²) in [5, 5.41) is 2.27. The van der Waals surface area contributed by atoms with Crippen LogP contribution in [0.4, 0.5) is 0 Å². The van der Waals surface area contributed by atoms with E-state index < -0.39 is 60.4 Å². The molecule has 57 heavy (non-hydrogen) atoms. The van der Waals surface area contributed by atoms with Crippen LogP contribution >= 0.6 is 0 Å². The van der Waals surface area contributed by atoms with E-state index >= 15 is 0 Å². The van der Waals surface area contributed by atoms with Gasteiger partial charge >= 0.3 is 0 Å². The largest absolute Gasteiger partial charge is 0.458 e. The van der Waals surface area contributed by atoms with Crippen LogP contribution in [-0.4, -0.2) is 16.3 Å². The van der Waals surface area contributed by atoms with Gasteiger partial charge in [0.05, 0.1) is 36.1 Å². The highest BCUT2D eigenvalue weighted by molar-refractivity contribution is 6.98. The van der Waals surface area contributed by atoms with Gasteiger partial charge in [0.2, 0.25) is 0 Å². The van der Waals surface area contributed by atoms with Gasteiger partial charge in [-0.2, -0.15) is 0 Å². The first-order chi connectivity index (χ1) is 32.4. The number of aromatic nitrogens is 3. The number of fused-ring (bicyclic) bond motifs is 3. The molecule has 10 aromatic rings. The second-order valence-electron chi connectivity index (χ2n) is 13.8. The fourth-order valence-electron chi connectivity index (χ4n) is 8.13. The predicted octanol–water partition coefficient (Wildman–Crippen LogP) is 9.88. The number of imidazole rings is 1. The van der Waals surface area contributed by atoms with Crippen LogP contribution in [0.2, 0.25) is 0 Å². The summed E-state index contributed by atoms with van der Waals surface area (Å²) in [4.78, 5) is 4.95. The molecule has 0 saturated carbocycles. The summed E-state index contributed by atoms with van der Waals surface area (Å²) in [6, 6.07) is 39.3. The van der Waals surface area contributed by atoms with E-state index in [1.54, 1.807) is 27.3 Å². The van der Waals surface area contributed by atoms with Crippen LogP contribution < -0.4 is 25.8 Å². The molecule has 0 atom stereocenters. The maximum atomic E-state index is 8.99. The highest BCUT2D eigenvalue weighted by atomic mass is 16.5. The second-order valence-corrected chi connectivity index (χ2v) is 13.8. The third-order valence-electron chi connectivity index (χ3n) is 10.5. The zero-order valence-electron chi connectivity index (χ0n) is 40.2. The number of hydrogen-bond donors (Lipinski definition) is 0. The molecule has 3 heterocycles. The number of para-hydroxylation sites is 3. The van der Waals surface area contributed by atoms with E-state index in [9.17, 15) is 0 Å². The molecule has 2 aromatic heterocycles. The lowest BCUT2D eigenvalue weighted by Crippen LogP contribution is -2.55. The molecule has 11 rings (SSSR count). The van der Waals surface area contributed by atoms with Crippen molar-refractivity contribution in [3.63, 3.8) is 0 Å². The summed E-state index contributed by atoms with van der Waals surface area (Å²) in [6.45, 7) is -0.140.